The van der Waals surface area contributed by atoms with E-state index in [0.29, 0.717) is 0 Å². The molecule has 1 atom stereocenters. The highest BCUT2D eigenvalue weighted by Gasteiger charge is 2.26. The largest absolute Gasteiger partial charge is 0.352 e. The van der Waals surface area contributed by atoms with Gasteiger partial charge in [-0.3, -0.25) is 0 Å². The Hall–Kier alpha value is -1.80. The third kappa shape index (κ3) is 1.61. The smallest absolute Gasteiger partial charge is 0.104 e. The number of anilines is 1. The summed E-state index contributed by atoms with van der Waals surface area (Å²) in [5.41, 5.74) is 11.5. The van der Waals surface area contributed by atoms with Crippen molar-refractivity contribution < 1.29 is 0 Å². The highest BCUT2D eigenvalue weighted by molar-refractivity contribution is 5.84. The Morgan fingerprint density at radius 2 is 1.67 bits per heavy atom. The molecular formula is C16H18N2. The van der Waals surface area contributed by atoms with Crippen molar-refractivity contribution >= 4 is 5.69 Å². The van der Waals surface area contributed by atoms with Gasteiger partial charge in [-0.1, -0.05) is 49.4 Å². The van der Waals surface area contributed by atoms with Gasteiger partial charge in [0.25, 0.3) is 0 Å². The molecule has 1 unspecified atom stereocenters. The Morgan fingerprint density at radius 3 is 2.44 bits per heavy atom. The van der Waals surface area contributed by atoms with Crippen molar-refractivity contribution in [3.05, 3.63) is 54.1 Å². The van der Waals surface area contributed by atoms with Gasteiger partial charge in [0.2, 0.25) is 0 Å². The number of hydrogen-bond acceptors (Lipinski definition) is 2. The van der Waals surface area contributed by atoms with Crippen molar-refractivity contribution in [1.29, 1.82) is 0 Å². The van der Waals surface area contributed by atoms with Crippen LogP contribution in [0.3, 0.4) is 0 Å². The van der Waals surface area contributed by atoms with Crippen LogP contribution in [-0.4, -0.2) is 6.54 Å². The molecule has 1 aliphatic heterocycles. The molecule has 92 valence electrons. The molecule has 3 rings (SSSR count). The lowest BCUT2D eigenvalue weighted by atomic mass is 9.91. The Bertz CT molecular complexity index is 563. The fourth-order valence-electron chi connectivity index (χ4n) is 2.77. The number of hydrogen-bond donors (Lipinski definition) is 1. The first kappa shape index (κ1) is 11.3. The van der Waals surface area contributed by atoms with Gasteiger partial charge >= 0.3 is 0 Å². The van der Waals surface area contributed by atoms with Crippen molar-refractivity contribution in [3.63, 3.8) is 0 Å². The SMILES string of the molecule is CCCN1c2ccccc2-c2ccccc2C1N. The number of nitrogens with two attached hydrogens (primary N) is 1. The summed E-state index contributed by atoms with van der Waals surface area (Å²) < 4.78 is 0. The van der Waals surface area contributed by atoms with Gasteiger partial charge in [0.1, 0.15) is 6.17 Å². The molecule has 1 heterocycles. The average molecular weight is 238 g/mol. The normalized spacial score (nSPS) is 17.2. The molecule has 0 amide bonds. The van der Waals surface area contributed by atoms with E-state index in [-0.39, 0.29) is 6.17 Å². The molecule has 0 bridgehead atoms. The van der Waals surface area contributed by atoms with Crippen LogP contribution in [0.25, 0.3) is 11.1 Å². The van der Waals surface area contributed by atoms with Crippen molar-refractivity contribution in [2.45, 2.75) is 19.5 Å². The minimum absolute atomic E-state index is 0.0314. The highest BCUT2D eigenvalue weighted by Crippen LogP contribution is 2.42. The second-order valence-corrected chi connectivity index (χ2v) is 4.74. The van der Waals surface area contributed by atoms with Crippen molar-refractivity contribution in [2.24, 2.45) is 5.73 Å². The zero-order valence-corrected chi connectivity index (χ0v) is 10.6. The maximum atomic E-state index is 6.42. The summed E-state index contributed by atoms with van der Waals surface area (Å²) in [5.74, 6) is 0. The minimum atomic E-state index is -0.0314. The standard InChI is InChI=1S/C16H18N2/c1-2-11-18-15-10-6-5-8-13(15)12-7-3-4-9-14(12)16(18)17/h3-10,16H,2,11,17H2,1H3. The molecule has 18 heavy (non-hydrogen) atoms. The molecule has 2 aromatic rings. The van der Waals surface area contributed by atoms with E-state index in [1.807, 2.05) is 0 Å². The molecule has 2 N–H and O–H groups in total. The second-order valence-electron chi connectivity index (χ2n) is 4.74. The van der Waals surface area contributed by atoms with Crippen LogP contribution < -0.4 is 10.6 Å². The first-order chi connectivity index (χ1) is 8.83. The van der Waals surface area contributed by atoms with Crippen LogP contribution in [0.4, 0.5) is 5.69 Å². The molecule has 2 aromatic carbocycles. The van der Waals surface area contributed by atoms with Gasteiger partial charge < -0.3 is 10.6 Å². The lowest BCUT2D eigenvalue weighted by Crippen LogP contribution is -2.38. The van der Waals surface area contributed by atoms with Crippen LogP contribution in [0.2, 0.25) is 0 Å². The topological polar surface area (TPSA) is 29.3 Å². The molecule has 0 radical (unpaired) electrons. The monoisotopic (exact) mass is 238 g/mol. The molecule has 0 saturated carbocycles. The van der Waals surface area contributed by atoms with Crippen LogP contribution in [0.1, 0.15) is 25.1 Å². The molecule has 0 spiro atoms. The Morgan fingerprint density at radius 1 is 1.00 bits per heavy atom. The summed E-state index contributed by atoms with van der Waals surface area (Å²) in [4.78, 5) is 2.30. The molecule has 0 aromatic heterocycles. The maximum Gasteiger partial charge on any atom is 0.104 e. The predicted molar refractivity (Wildman–Crippen MR) is 76.4 cm³/mol. The molecule has 0 aliphatic carbocycles. The highest BCUT2D eigenvalue weighted by atomic mass is 15.2. The summed E-state index contributed by atoms with van der Waals surface area (Å²) >= 11 is 0. The van der Waals surface area contributed by atoms with Crippen LogP contribution >= 0.6 is 0 Å². The first-order valence-electron chi connectivity index (χ1n) is 6.53. The van der Waals surface area contributed by atoms with Gasteiger partial charge in [-0.15, -0.1) is 0 Å². The minimum Gasteiger partial charge on any atom is -0.352 e. The van der Waals surface area contributed by atoms with E-state index in [1.54, 1.807) is 0 Å². The van der Waals surface area contributed by atoms with Gasteiger partial charge in [-0.05, 0) is 23.6 Å². The van der Waals surface area contributed by atoms with Gasteiger partial charge in [-0.2, -0.15) is 0 Å². The van der Waals surface area contributed by atoms with E-state index in [4.69, 9.17) is 5.73 Å². The molecule has 0 fully saturated rings. The molecule has 2 nitrogen and oxygen atoms in total. The number of para-hydroxylation sites is 1. The summed E-state index contributed by atoms with van der Waals surface area (Å²) in [5, 5.41) is 0. The first-order valence-corrected chi connectivity index (χ1v) is 6.53. The van der Waals surface area contributed by atoms with Crippen LogP contribution in [0.15, 0.2) is 48.5 Å². The number of fused-ring (bicyclic) bond motifs is 3. The van der Waals surface area contributed by atoms with E-state index >= 15 is 0 Å². The van der Waals surface area contributed by atoms with Gasteiger partial charge in [0.05, 0.1) is 0 Å². The second kappa shape index (κ2) is 4.46. The average Bonchev–Trinajstić information content (AvgIpc) is 2.43. The fraction of sp³-hybridized carbons (Fsp3) is 0.250. The molecular weight excluding hydrogens is 220 g/mol. The number of nitrogens with zero attached hydrogens (tertiary/aromatic N) is 1. The van der Waals surface area contributed by atoms with Crippen LogP contribution in [0, 0.1) is 0 Å². The van der Waals surface area contributed by atoms with Gasteiger partial charge in [0.15, 0.2) is 0 Å². The fourth-order valence-corrected chi connectivity index (χ4v) is 2.77. The maximum absolute atomic E-state index is 6.42. The quantitative estimate of drug-likeness (QED) is 0.867. The van der Waals surface area contributed by atoms with E-state index in [9.17, 15) is 0 Å². The molecule has 0 saturated heterocycles. The summed E-state index contributed by atoms with van der Waals surface area (Å²) in [6.07, 6.45) is 1.07. The predicted octanol–water partition coefficient (Wildman–Crippen LogP) is 3.54. The van der Waals surface area contributed by atoms with E-state index in [2.05, 4.69) is 60.4 Å². The Balaban J connectivity index is 2.21. The van der Waals surface area contributed by atoms with Crippen LogP contribution in [0.5, 0.6) is 0 Å². The third-order valence-corrected chi connectivity index (χ3v) is 3.58. The summed E-state index contributed by atoms with van der Waals surface area (Å²) in [6.45, 7) is 3.18. The summed E-state index contributed by atoms with van der Waals surface area (Å²) in [7, 11) is 0. The van der Waals surface area contributed by atoms with E-state index in [1.165, 1.54) is 22.4 Å². The summed E-state index contributed by atoms with van der Waals surface area (Å²) in [6, 6.07) is 17.0. The molecule has 1 aliphatic rings. The lowest BCUT2D eigenvalue weighted by Gasteiger charge is -2.38. The van der Waals surface area contributed by atoms with Crippen LogP contribution in [-0.2, 0) is 0 Å². The number of benzene rings is 2. The Labute approximate surface area is 108 Å². The zero-order valence-electron chi connectivity index (χ0n) is 10.6. The molecule has 2 heteroatoms. The van der Waals surface area contributed by atoms with Gasteiger partial charge in [-0.25, -0.2) is 0 Å². The zero-order chi connectivity index (χ0) is 12.5. The van der Waals surface area contributed by atoms with E-state index in [0.717, 1.165) is 13.0 Å². The van der Waals surface area contributed by atoms with Crippen molar-refractivity contribution in [1.82, 2.24) is 0 Å². The van der Waals surface area contributed by atoms with Crippen molar-refractivity contribution in [3.8, 4) is 11.1 Å². The van der Waals surface area contributed by atoms with E-state index < -0.39 is 0 Å². The third-order valence-electron chi connectivity index (χ3n) is 3.58. The van der Waals surface area contributed by atoms with Gasteiger partial charge in [0, 0.05) is 17.8 Å². The Kier molecular flexibility index (Phi) is 2.80. The van der Waals surface area contributed by atoms with Crippen molar-refractivity contribution in [2.75, 3.05) is 11.4 Å². The number of rotatable bonds is 2. The lowest BCUT2D eigenvalue weighted by molar-refractivity contribution is 0.630.